The first-order chi connectivity index (χ1) is 13.7. The average Bonchev–Trinajstić information content (AvgIpc) is 3.00. The third kappa shape index (κ3) is 4.13. The Bertz CT molecular complexity index is 1160. The van der Waals surface area contributed by atoms with E-state index < -0.39 is 20.6 Å². The highest BCUT2D eigenvalue weighted by Crippen LogP contribution is 2.29. The number of methoxy groups -OCH3 is 1. The molecule has 1 heterocycles. The summed E-state index contributed by atoms with van der Waals surface area (Å²) < 4.78 is 34.5. The predicted molar refractivity (Wildman–Crippen MR) is 107 cm³/mol. The SMILES string of the molecule is COc1ccc(S(=O)(=O)NCc2c(C)nn(-c3ccccc3)c2C)cc1[N+](=O)[O-]. The molecular formula is C19H20N4O5S. The number of para-hydroxylation sites is 1. The van der Waals surface area contributed by atoms with Gasteiger partial charge >= 0.3 is 5.69 Å². The zero-order valence-corrected chi connectivity index (χ0v) is 16.9. The van der Waals surface area contributed by atoms with E-state index in [0.717, 1.165) is 23.0 Å². The summed E-state index contributed by atoms with van der Waals surface area (Å²) in [4.78, 5) is 10.3. The lowest BCUT2D eigenvalue weighted by Gasteiger charge is -2.09. The van der Waals surface area contributed by atoms with Gasteiger partial charge in [0.1, 0.15) is 0 Å². The van der Waals surface area contributed by atoms with Crippen molar-refractivity contribution in [2.75, 3.05) is 7.11 Å². The zero-order valence-electron chi connectivity index (χ0n) is 16.1. The molecule has 29 heavy (non-hydrogen) atoms. The lowest BCUT2D eigenvalue weighted by molar-refractivity contribution is -0.386. The van der Waals surface area contributed by atoms with Gasteiger partial charge in [-0.2, -0.15) is 5.10 Å². The van der Waals surface area contributed by atoms with E-state index in [-0.39, 0.29) is 17.2 Å². The number of aryl methyl sites for hydroxylation is 1. The molecule has 0 atom stereocenters. The van der Waals surface area contributed by atoms with Crippen LogP contribution in [0.3, 0.4) is 0 Å². The fourth-order valence-corrected chi connectivity index (χ4v) is 4.00. The van der Waals surface area contributed by atoms with Crippen LogP contribution in [0.2, 0.25) is 0 Å². The highest BCUT2D eigenvalue weighted by Gasteiger charge is 2.23. The molecule has 1 aromatic heterocycles. The topological polar surface area (TPSA) is 116 Å². The number of nitro groups is 1. The second-order valence-electron chi connectivity index (χ2n) is 6.31. The largest absolute Gasteiger partial charge is 0.490 e. The van der Waals surface area contributed by atoms with Crippen molar-refractivity contribution in [2.45, 2.75) is 25.3 Å². The van der Waals surface area contributed by atoms with Gasteiger partial charge in [-0.05, 0) is 38.1 Å². The van der Waals surface area contributed by atoms with Crippen LogP contribution >= 0.6 is 0 Å². The van der Waals surface area contributed by atoms with Crippen LogP contribution in [0.25, 0.3) is 5.69 Å². The Morgan fingerprint density at radius 1 is 1.17 bits per heavy atom. The number of rotatable bonds is 7. The second-order valence-corrected chi connectivity index (χ2v) is 8.08. The van der Waals surface area contributed by atoms with Crippen LogP contribution in [0, 0.1) is 24.0 Å². The van der Waals surface area contributed by atoms with Crippen LogP contribution in [0.4, 0.5) is 5.69 Å². The molecule has 0 fully saturated rings. The van der Waals surface area contributed by atoms with Crippen molar-refractivity contribution in [3.8, 4) is 11.4 Å². The van der Waals surface area contributed by atoms with Gasteiger partial charge in [0.2, 0.25) is 10.0 Å². The fourth-order valence-electron chi connectivity index (χ4n) is 2.98. The summed E-state index contributed by atoms with van der Waals surface area (Å²) in [7, 11) is -2.69. The third-order valence-electron chi connectivity index (χ3n) is 4.54. The molecule has 3 rings (SSSR count). The summed E-state index contributed by atoms with van der Waals surface area (Å²) in [5.41, 5.74) is 2.68. The molecular weight excluding hydrogens is 396 g/mol. The van der Waals surface area contributed by atoms with E-state index in [1.807, 2.05) is 37.3 Å². The fraction of sp³-hybridized carbons (Fsp3) is 0.211. The monoisotopic (exact) mass is 416 g/mol. The molecule has 0 unspecified atom stereocenters. The van der Waals surface area contributed by atoms with E-state index >= 15 is 0 Å². The Balaban J connectivity index is 1.87. The first kappa shape index (κ1) is 20.5. The summed E-state index contributed by atoms with van der Waals surface area (Å²) in [6.07, 6.45) is 0. The number of aromatic nitrogens is 2. The van der Waals surface area contributed by atoms with Crippen LogP contribution in [0.5, 0.6) is 5.75 Å². The van der Waals surface area contributed by atoms with Gasteiger partial charge in [0.15, 0.2) is 5.75 Å². The van der Waals surface area contributed by atoms with E-state index in [1.54, 1.807) is 11.6 Å². The molecule has 1 N–H and O–H groups in total. The first-order valence-electron chi connectivity index (χ1n) is 8.67. The Labute approximate surface area is 168 Å². The molecule has 0 saturated carbocycles. The normalized spacial score (nSPS) is 11.4. The Hall–Kier alpha value is -3.24. The quantitative estimate of drug-likeness (QED) is 0.468. The van der Waals surface area contributed by atoms with Crippen molar-refractivity contribution < 1.29 is 18.1 Å². The van der Waals surface area contributed by atoms with Gasteiger partial charge in [-0.15, -0.1) is 0 Å². The van der Waals surface area contributed by atoms with Gasteiger partial charge in [0.05, 0.1) is 28.3 Å². The molecule has 0 spiro atoms. The van der Waals surface area contributed by atoms with E-state index in [4.69, 9.17) is 4.74 Å². The van der Waals surface area contributed by atoms with Crippen molar-refractivity contribution in [1.29, 1.82) is 0 Å². The molecule has 152 valence electrons. The number of nitrogens with one attached hydrogen (secondary N) is 1. The lowest BCUT2D eigenvalue weighted by atomic mass is 10.2. The number of nitro benzene ring substituents is 1. The van der Waals surface area contributed by atoms with Crippen molar-refractivity contribution in [3.63, 3.8) is 0 Å². The van der Waals surface area contributed by atoms with Crippen LogP contribution < -0.4 is 9.46 Å². The molecule has 10 heteroatoms. The lowest BCUT2D eigenvalue weighted by Crippen LogP contribution is -2.24. The first-order valence-corrected chi connectivity index (χ1v) is 10.2. The minimum Gasteiger partial charge on any atom is -0.490 e. The van der Waals surface area contributed by atoms with Crippen molar-refractivity contribution in [3.05, 3.63) is 75.6 Å². The molecule has 2 aromatic carbocycles. The highest BCUT2D eigenvalue weighted by atomic mass is 32.2. The van der Waals surface area contributed by atoms with E-state index in [0.29, 0.717) is 5.69 Å². The van der Waals surface area contributed by atoms with E-state index in [9.17, 15) is 18.5 Å². The molecule has 0 aliphatic heterocycles. The van der Waals surface area contributed by atoms with Crippen molar-refractivity contribution >= 4 is 15.7 Å². The highest BCUT2D eigenvalue weighted by molar-refractivity contribution is 7.89. The number of hydrogen-bond acceptors (Lipinski definition) is 6. The number of nitrogens with zero attached hydrogens (tertiary/aromatic N) is 3. The van der Waals surface area contributed by atoms with E-state index in [1.165, 1.54) is 19.2 Å². The molecule has 0 bridgehead atoms. The Morgan fingerprint density at radius 2 is 1.86 bits per heavy atom. The standard InChI is InChI=1S/C19H20N4O5S/c1-13-17(14(2)22(21-13)15-7-5-4-6-8-15)12-20-29(26,27)16-9-10-19(28-3)18(11-16)23(24)25/h4-11,20H,12H2,1-3H3. The Morgan fingerprint density at radius 3 is 2.48 bits per heavy atom. The number of sulfonamides is 1. The molecule has 0 radical (unpaired) electrons. The average molecular weight is 416 g/mol. The molecule has 3 aromatic rings. The summed E-state index contributed by atoms with van der Waals surface area (Å²) in [6, 6.07) is 13.0. The molecule has 0 amide bonds. The smallest absolute Gasteiger partial charge is 0.312 e. The second kappa shape index (κ2) is 8.02. The van der Waals surface area contributed by atoms with Gasteiger partial charge < -0.3 is 4.74 Å². The van der Waals surface area contributed by atoms with Gasteiger partial charge in [0.25, 0.3) is 0 Å². The van der Waals surface area contributed by atoms with Crippen molar-refractivity contribution in [1.82, 2.24) is 14.5 Å². The third-order valence-corrected chi connectivity index (χ3v) is 5.94. The molecule has 0 aliphatic carbocycles. The van der Waals surface area contributed by atoms with Crippen LogP contribution in [-0.2, 0) is 16.6 Å². The van der Waals surface area contributed by atoms with Crippen molar-refractivity contribution in [2.24, 2.45) is 0 Å². The molecule has 0 saturated heterocycles. The van der Waals surface area contributed by atoms with Gasteiger partial charge in [-0.1, -0.05) is 18.2 Å². The van der Waals surface area contributed by atoms with Gasteiger partial charge in [-0.3, -0.25) is 10.1 Å². The maximum atomic E-state index is 12.7. The van der Waals surface area contributed by atoms with Crippen LogP contribution in [0.1, 0.15) is 17.0 Å². The number of hydrogen-bond donors (Lipinski definition) is 1. The van der Waals surface area contributed by atoms with Crippen LogP contribution in [-0.4, -0.2) is 30.2 Å². The minimum absolute atomic E-state index is 0.00661. The zero-order chi connectivity index (χ0) is 21.2. The predicted octanol–water partition coefficient (Wildman–Crippen LogP) is 2.88. The summed E-state index contributed by atoms with van der Waals surface area (Å²) in [5, 5.41) is 15.7. The summed E-state index contributed by atoms with van der Waals surface area (Å²) in [6.45, 7) is 3.66. The van der Waals surface area contributed by atoms with Crippen LogP contribution in [0.15, 0.2) is 53.4 Å². The number of benzene rings is 2. The molecule has 0 aliphatic rings. The molecule has 9 nitrogen and oxygen atoms in total. The maximum Gasteiger partial charge on any atom is 0.312 e. The summed E-state index contributed by atoms with van der Waals surface area (Å²) in [5.74, 6) is -0.00947. The van der Waals surface area contributed by atoms with Gasteiger partial charge in [0, 0.05) is 23.9 Å². The van der Waals surface area contributed by atoms with Gasteiger partial charge in [-0.25, -0.2) is 17.8 Å². The Kier molecular flexibility index (Phi) is 5.66. The van der Waals surface area contributed by atoms with E-state index in [2.05, 4.69) is 9.82 Å². The minimum atomic E-state index is -3.98. The number of ether oxygens (including phenoxy) is 1. The maximum absolute atomic E-state index is 12.7. The summed E-state index contributed by atoms with van der Waals surface area (Å²) >= 11 is 0.